The van der Waals surface area contributed by atoms with Gasteiger partial charge in [0.2, 0.25) is 0 Å². The number of hydrazine groups is 1. The van der Waals surface area contributed by atoms with Gasteiger partial charge in [-0.25, -0.2) is 9.40 Å². The molecule has 0 spiro atoms. The molecule has 0 saturated carbocycles. The standard InChI is InChI=1S/C35H24Cl3FN2O4/c36-16-15-27(32(42)18-9-12-20(39)13-10-18)40(33(43)25-14-11-19(37)17-26(25)38)41-34(44)30-28-21-5-1-2-6-22(21)29(31(30)35(41)45)24-8-4-3-7-23(24)28/h1-14,17,27-31H,15-16H2/t27-,28?,29?,30-,31-/m0/s1. The first kappa shape index (κ1) is 29.7. The van der Waals surface area contributed by atoms with Crippen molar-refractivity contribution in [1.82, 2.24) is 10.0 Å². The molecule has 3 amide bonds. The van der Waals surface area contributed by atoms with Gasteiger partial charge in [0.15, 0.2) is 5.78 Å². The van der Waals surface area contributed by atoms with E-state index in [4.69, 9.17) is 34.8 Å². The predicted octanol–water partition coefficient (Wildman–Crippen LogP) is 7.26. The van der Waals surface area contributed by atoms with Gasteiger partial charge in [-0.2, -0.15) is 5.01 Å². The van der Waals surface area contributed by atoms with Crippen molar-refractivity contribution in [2.45, 2.75) is 24.3 Å². The Balaban J connectivity index is 1.39. The van der Waals surface area contributed by atoms with Crippen LogP contribution in [-0.2, 0) is 9.59 Å². The van der Waals surface area contributed by atoms with E-state index < -0.39 is 59.0 Å². The number of imide groups is 1. The lowest BCUT2D eigenvalue weighted by Crippen LogP contribution is -2.57. The molecule has 0 radical (unpaired) electrons. The fourth-order valence-corrected chi connectivity index (χ4v) is 8.00. The highest BCUT2D eigenvalue weighted by molar-refractivity contribution is 6.37. The number of carbonyl (C=O) groups excluding carboxylic acids is 4. The number of carbonyl (C=O) groups is 4. The number of nitrogens with zero attached hydrogens (tertiary/aromatic N) is 2. The third kappa shape index (κ3) is 4.59. The maximum absolute atomic E-state index is 14.7. The van der Waals surface area contributed by atoms with Gasteiger partial charge < -0.3 is 0 Å². The summed E-state index contributed by atoms with van der Waals surface area (Å²) in [4.78, 5) is 57.8. The Morgan fingerprint density at radius 1 is 0.778 bits per heavy atom. The number of ketones is 1. The monoisotopic (exact) mass is 660 g/mol. The normalized spacial score (nSPS) is 21.6. The average molecular weight is 662 g/mol. The maximum Gasteiger partial charge on any atom is 0.275 e. The number of benzene rings is 4. The van der Waals surface area contributed by atoms with Gasteiger partial charge in [0.05, 0.1) is 22.4 Å². The summed E-state index contributed by atoms with van der Waals surface area (Å²) < 4.78 is 13.8. The van der Waals surface area contributed by atoms with Crippen LogP contribution in [0.1, 0.15) is 61.2 Å². The van der Waals surface area contributed by atoms with Crippen molar-refractivity contribution in [3.63, 3.8) is 0 Å². The molecule has 0 aromatic heterocycles. The van der Waals surface area contributed by atoms with Crippen LogP contribution >= 0.6 is 34.8 Å². The third-order valence-electron chi connectivity index (χ3n) is 9.12. The highest BCUT2D eigenvalue weighted by Gasteiger charge is 2.63. The summed E-state index contributed by atoms with van der Waals surface area (Å²) in [6.07, 6.45) is -0.103. The molecular weight excluding hydrogens is 638 g/mol. The highest BCUT2D eigenvalue weighted by atomic mass is 35.5. The zero-order chi connectivity index (χ0) is 31.6. The van der Waals surface area contributed by atoms with Crippen molar-refractivity contribution in [2.24, 2.45) is 11.8 Å². The lowest BCUT2D eigenvalue weighted by Gasteiger charge is -2.45. The molecule has 1 heterocycles. The summed E-state index contributed by atoms with van der Waals surface area (Å²) in [6.45, 7) is 0. The molecule has 1 fully saturated rings. The van der Waals surface area contributed by atoms with Gasteiger partial charge in [0.25, 0.3) is 17.7 Å². The molecular formula is C35H24Cl3FN2O4. The average Bonchev–Trinajstić information content (AvgIpc) is 3.30. The van der Waals surface area contributed by atoms with Gasteiger partial charge in [-0.3, -0.25) is 19.2 Å². The van der Waals surface area contributed by atoms with Crippen LogP contribution < -0.4 is 0 Å². The first-order chi connectivity index (χ1) is 21.7. The number of hydrogen-bond acceptors (Lipinski definition) is 4. The Labute approximate surface area is 273 Å². The van der Waals surface area contributed by atoms with Crippen LogP contribution in [0.3, 0.4) is 0 Å². The molecule has 4 aliphatic rings. The van der Waals surface area contributed by atoms with E-state index in [2.05, 4.69) is 0 Å². The second-order valence-corrected chi connectivity index (χ2v) is 12.6. The Hall–Kier alpha value is -4.04. The lowest BCUT2D eigenvalue weighted by atomic mass is 9.55. The van der Waals surface area contributed by atoms with Gasteiger partial charge in [-0.1, -0.05) is 71.7 Å². The van der Waals surface area contributed by atoms with E-state index in [0.717, 1.165) is 44.4 Å². The van der Waals surface area contributed by atoms with Gasteiger partial charge >= 0.3 is 0 Å². The smallest absolute Gasteiger partial charge is 0.275 e. The third-order valence-corrected chi connectivity index (χ3v) is 9.89. The van der Waals surface area contributed by atoms with Crippen molar-refractivity contribution in [3.8, 4) is 0 Å². The maximum atomic E-state index is 14.7. The van der Waals surface area contributed by atoms with Crippen LogP contribution in [0.2, 0.25) is 10.0 Å². The molecule has 8 rings (SSSR count). The lowest BCUT2D eigenvalue weighted by molar-refractivity contribution is -0.156. The van der Waals surface area contributed by atoms with Gasteiger partial charge in [0.1, 0.15) is 11.9 Å². The van der Waals surface area contributed by atoms with E-state index in [1.54, 1.807) is 0 Å². The Morgan fingerprint density at radius 2 is 1.29 bits per heavy atom. The topological polar surface area (TPSA) is 74.8 Å². The number of halogens is 4. The summed E-state index contributed by atoms with van der Waals surface area (Å²) >= 11 is 18.8. The number of alkyl halides is 1. The number of amides is 3. The minimum Gasteiger partial charge on any atom is -0.292 e. The molecule has 1 saturated heterocycles. The fourth-order valence-electron chi connectivity index (χ4n) is 7.31. The zero-order valence-corrected chi connectivity index (χ0v) is 25.8. The molecule has 10 heteroatoms. The van der Waals surface area contributed by atoms with E-state index >= 15 is 0 Å². The molecule has 2 bridgehead atoms. The zero-order valence-electron chi connectivity index (χ0n) is 23.5. The highest BCUT2D eigenvalue weighted by Crippen LogP contribution is 2.61. The van der Waals surface area contributed by atoms with Crippen molar-refractivity contribution >= 4 is 58.3 Å². The number of hydrogen-bond donors (Lipinski definition) is 0. The van der Waals surface area contributed by atoms with E-state index in [0.29, 0.717) is 0 Å². The number of rotatable bonds is 7. The van der Waals surface area contributed by atoms with Crippen molar-refractivity contribution in [3.05, 3.63) is 140 Å². The van der Waals surface area contributed by atoms with Gasteiger partial charge in [-0.15, -0.1) is 11.6 Å². The predicted molar refractivity (Wildman–Crippen MR) is 168 cm³/mol. The molecule has 3 atom stereocenters. The molecule has 4 aromatic carbocycles. The minimum absolute atomic E-state index is 0.0206. The molecule has 226 valence electrons. The SMILES string of the molecule is O=C(c1ccc(F)cc1)[C@H](CCCl)N(C(=O)c1ccc(Cl)cc1Cl)N1C(=O)[C@H]2C3c4ccccc4C(c4ccccc43)[C@@H]2C1=O. The number of Topliss-reactive ketones (excluding diaryl/α,β-unsaturated/α-hetero) is 1. The van der Waals surface area contributed by atoms with E-state index in [9.17, 15) is 23.6 Å². The molecule has 45 heavy (non-hydrogen) atoms. The Bertz CT molecular complexity index is 1780. The second-order valence-electron chi connectivity index (χ2n) is 11.4. The van der Waals surface area contributed by atoms with E-state index in [1.807, 2.05) is 48.5 Å². The van der Waals surface area contributed by atoms with E-state index in [-0.39, 0.29) is 33.5 Å². The van der Waals surface area contributed by atoms with Gasteiger partial charge in [-0.05, 0) is 71.1 Å². The first-order valence-electron chi connectivity index (χ1n) is 14.4. The van der Waals surface area contributed by atoms with Crippen molar-refractivity contribution in [2.75, 3.05) is 5.88 Å². The first-order valence-corrected chi connectivity index (χ1v) is 15.7. The van der Waals surface area contributed by atoms with Gasteiger partial charge in [0, 0.05) is 28.3 Å². The van der Waals surface area contributed by atoms with Crippen LogP contribution in [0.15, 0.2) is 91.0 Å². The quantitative estimate of drug-likeness (QED) is 0.119. The summed E-state index contributed by atoms with van der Waals surface area (Å²) in [5.74, 6) is -5.73. The van der Waals surface area contributed by atoms with Crippen LogP contribution in [0.25, 0.3) is 0 Å². The van der Waals surface area contributed by atoms with Crippen LogP contribution in [0.4, 0.5) is 4.39 Å². The Kier molecular flexibility index (Phi) is 7.51. The summed E-state index contributed by atoms with van der Waals surface area (Å²) in [6, 6.07) is 23.2. The second kappa shape index (κ2) is 11.4. The van der Waals surface area contributed by atoms with Crippen molar-refractivity contribution < 1.29 is 23.6 Å². The molecule has 4 aromatic rings. The molecule has 3 aliphatic carbocycles. The largest absolute Gasteiger partial charge is 0.292 e. The Morgan fingerprint density at radius 3 is 1.76 bits per heavy atom. The van der Waals surface area contributed by atoms with Crippen LogP contribution in [0.5, 0.6) is 0 Å². The molecule has 6 nitrogen and oxygen atoms in total. The van der Waals surface area contributed by atoms with Crippen LogP contribution in [-0.4, -0.2) is 45.4 Å². The summed E-state index contributed by atoms with van der Waals surface area (Å²) in [5, 5.41) is 2.02. The van der Waals surface area contributed by atoms with Crippen molar-refractivity contribution in [1.29, 1.82) is 0 Å². The van der Waals surface area contributed by atoms with E-state index in [1.165, 1.54) is 30.3 Å². The fraction of sp³-hybridized carbons (Fsp3) is 0.200. The summed E-state index contributed by atoms with van der Waals surface area (Å²) in [5.41, 5.74) is 3.88. The van der Waals surface area contributed by atoms with Crippen LogP contribution in [0, 0.1) is 17.7 Å². The summed E-state index contributed by atoms with van der Waals surface area (Å²) in [7, 11) is 0. The molecule has 0 unspecified atom stereocenters. The molecule has 0 N–H and O–H groups in total. The molecule has 1 aliphatic heterocycles. The minimum atomic E-state index is -1.39.